The SMILES string of the molecule is CNC(c1cc2cc(F)ccc2o1)c1cc(F)ccc1F. The summed E-state index contributed by atoms with van der Waals surface area (Å²) in [6.45, 7) is 0. The quantitative estimate of drug-likeness (QED) is 0.784. The lowest BCUT2D eigenvalue weighted by Crippen LogP contribution is -2.18. The van der Waals surface area contributed by atoms with Crippen LogP contribution in [0.5, 0.6) is 0 Å². The predicted molar refractivity (Wildman–Crippen MR) is 73.4 cm³/mol. The molecule has 2 nitrogen and oxygen atoms in total. The van der Waals surface area contributed by atoms with Gasteiger partial charge in [0.2, 0.25) is 0 Å². The number of benzene rings is 2. The Labute approximate surface area is 119 Å². The van der Waals surface area contributed by atoms with Gasteiger partial charge in [-0.15, -0.1) is 0 Å². The number of furan rings is 1. The largest absolute Gasteiger partial charge is 0.459 e. The van der Waals surface area contributed by atoms with Gasteiger partial charge in [0.25, 0.3) is 0 Å². The van der Waals surface area contributed by atoms with Gasteiger partial charge in [0, 0.05) is 10.9 Å². The highest BCUT2D eigenvalue weighted by atomic mass is 19.1. The highest BCUT2D eigenvalue weighted by molar-refractivity contribution is 5.78. The Balaban J connectivity index is 2.11. The molecule has 0 bridgehead atoms. The number of hydrogen-bond donors (Lipinski definition) is 1. The molecule has 3 rings (SSSR count). The molecule has 0 spiro atoms. The molecule has 108 valence electrons. The van der Waals surface area contributed by atoms with E-state index >= 15 is 0 Å². The summed E-state index contributed by atoms with van der Waals surface area (Å²) in [4.78, 5) is 0. The average Bonchev–Trinajstić information content (AvgIpc) is 2.86. The van der Waals surface area contributed by atoms with Crippen LogP contribution in [-0.4, -0.2) is 7.05 Å². The van der Waals surface area contributed by atoms with E-state index in [0.29, 0.717) is 16.7 Å². The first-order chi connectivity index (χ1) is 10.1. The Morgan fingerprint density at radius 1 is 0.952 bits per heavy atom. The molecule has 1 atom stereocenters. The summed E-state index contributed by atoms with van der Waals surface area (Å²) in [5, 5.41) is 3.46. The van der Waals surface area contributed by atoms with Gasteiger partial charge in [-0.25, -0.2) is 13.2 Å². The minimum absolute atomic E-state index is 0.136. The maximum atomic E-state index is 13.9. The molecular formula is C16H12F3NO. The zero-order chi connectivity index (χ0) is 15.0. The highest BCUT2D eigenvalue weighted by Gasteiger charge is 2.21. The molecule has 1 heterocycles. The summed E-state index contributed by atoms with van der Waals surface area (Å²) < 4.78 is 46.1. The van der Waals surface area contributed by atoms with Crippen LogP contribution in [0.25, 0.3) is 11.0 Å². The summed E-state index contributed by atoms with van der Waals surface area (Å²) >= 11 is 0. The van der Waals surface area contributed by atoms with E-state index < -0.39 is 17.7 Å². The van der Waals surface area contributed by atoms with Crippen LogP contribution in [0.4, 0.5) is 13.2 Å². The Morgan fingerprint density at radius 3 is 2.43 bits per heavy atom. The monoisotopic (exact) mass is 291 g/mol. The first-order valence-electron chi connectivity index (χ1n) is 6.39. The van der Waals surface area contributed by atoms with Crippen LogP contribution in [0.1, 0.15) is 17.4 Å². The summed E-state index contributed by atoms with van der Waals surface area (Å²) in [6.07, 6.45) is 0. The van der Waals surface area contributed by atoms with E-state index in [1.165, 1.54) is 18.2 Å². The molecule has 0 saturated heterocycles. The normalized spacial score (nSPS) is 12.8. The van der Waals surface area contributed by atoms with E-state index in [1.807, 2.05) is 0 Å². The Kier molecular flexibility index (Phi) is 3.43. The molecule has 2 aromatic carbocycles. The second-order valence-corrected chi connectivity index (χ2v) is 4.72. The third-order valence-electron chi connectivity index (χ3n) is 3.34. The van der Waals surface area contributed by atoms with Crippen molar-refractivity contribution < 1.29 is 17.6 Å². The van der Waals surface area contributed by atoms with Gasteiger partial charge in [0.1, 0.15) is 28.8 Å². The van der Waals surface area contributed by atoms with Crippen molar-refractivity contribution >= 4 is 11.0 Å². The fourth-order valence-corrected chi connectivity index (χ4v) is 2.36. The topological polar surface area (TPSA) is 25.2 Å². The van der Waals surface area contributed by atoms with Gasteiger partial charge in [0.05, 0.1) is 6.04 Å². The minimum Gasteiger partial charge on any atom is -0.459 e. The summed E-state index contributed by atoms with van der Waals surface area (Å²) in [7, 11) is 1.61. The van der Waals surface area contributed by atoms with Gasteiger partial charge in [-0.2, -0.15) is 0 Å². The lowest BCUT2D eigenvalue weighted by atomic mass is 10.0. The van der Waals surface area contributed by atoms with Gasteiger partial charge >= 0.3 is 0 Å². The van der Waals surface area contributed by atoms with Crippen molar-refractivity contribution in [2.24, 2.45) is 0 Å². The lowest BCUT2D eigenvalue weighted by molar-refractivity contribution is 0.473. The molecule has 0 aliphatic heterocycles. The molecule has 5 heteroatoms. The third kappa shape index (κ3) is 2.52. The predicted octanol–water partition coefficient (Wildman–Crippen LogP) is 4.16. The van der Waals surface area contributed by atoms with Gasteiger partial charge < -0.3 is 9.73 Å². The van der Waals surface area contributed by atoms with Gasteiger partial charge in [0.15, 0.2) is 0 Å². The van der Waals surface area contributed by atoms with Crippen molar-refractivity contribution in [3.63, 3.8) is 0 Å². The van der Waals surface area contributed by atoms with E-state index in [1.54, 1.807) is 13.1 Å². The number of nitrogens with one attached hydrogen (secondary N) is 1. The van der Waals surface area contributed by atoms with E-state index in [-0.39, 0.29) is 11.4 Å². The van der Waals surface area contributed by atoms with Crippen LogP contribution in [0.3, 0.4) is 0 Å². The maximum Gasteiger partial charge on any atom is 0.134 e. The van der Waals surface area contributed by atoms with Gasteiger partial charge in [-0.1, -0.05) is 0 Å². The minimum atomic E-state index is -0.656. The zero-order valence-electron chi connectivity index (χ0n) is 11.2. The molecule has 0 aliphatic carbocycles. The molecule has 21 heavy (non-hydrogen) atoms. The number of rotatable bonds is 3. The van der Waals surface area contributed by atoms with Crippen LogP contribution in [-0.2, 0) is 0 Å². The molecule has 1 aromatic heterocycles. The zero-order valence-corrected chi connectivity index (χ0v) is 11.2. The molecular weight excluding hydrogens is 279 g/mol. The Morgan fingerprint density at radius 2 is 1.67 bits per heavy atom. The van der Waals surface area contributed by atoms with Crippen molar-refractivity contribution in [2.75, 3.05) is 7.05 Å². The Hall–Kier alpha value is -2.27. The van der Waals surface area contributed by atoms with Crippen LogP contribution in [0, 0.1) is 17.5 Å². The molecule has 0 aliphatic rings. The van der Waals surface area contributed by atoms with Crippen LogP contribution < -0.4 is 5.32 Å². The van der Waals surface area contributed by atoms with Crippen molar-refractivity contribution in [3.8, 4) is 0 Å². The van der Waals surface area contributed by atoms with Crippen LogP contribution >= 0.6 is 0 Å². The molecule has 0 radical (unpaired) electrons. The van der Waals surface area contributed by atoms with Gasteiger partial charge in [-0.05, 0) is 49.5 Å². The third-order valence-corrected chi connectivity index (χ3v) is 3.34. The van der Waals surface area contributed by atoms with Crippen molar-refractivity contribution in [2.45, 2.75) is 6.04 Å². The summed E-state index contributed by atoms with van der Waals surface area (Å²) in [5.74, 6) is -1.06. The van der Waals surface area contributed by atoms with E-state index in [2.05, 4.69) is 5.32 Å². The summed E-state index contributed by atoms with van der Waals surface area (Å²) in [6, 6.07) is 8.31. The number of halogens is 3. The first-order valence-corrected chi connectivity index (χ1v) is 6.39. The highest BCUT2D eigenvalue weighted by Crippen LogP contribution is 2.30. The van der Waals surface area contributed by atoms with Crippen molar-refractivity contribution in [3.05, 3.63) is 71.2 Å². The molecule has 3 aromatic rings. The smallest absolute Gasteiger partial charge is 0.134 e. The lowest BCUT2D eigenvalue weighted by Gasteiger charge is -2.14. The number of fused-ring (bicyclic) bond motifs is 1. The van der Waals surface area contributed by atoms with E-state index in [4.69, 9.17) is 4.42 Å². The van der Waals surface area contributed by atoms with Gasteiger partial charge in [-0.3, -0.25) is 0 Å². The van der Waals surface area contributed by atoms with Crippen molar-refractivity contribution in [1.82, 2.24) is 5.32 Å². The van der Waals surface area contributed by atoms with E-state index in [0.717, 1.165) is 18.2 Å². The van der Waals surface area contributed by atoms with Crippen LogP contribution in [0.15, 0.2) is 46.9 Å². The fourth-order valence-electron chi connectivity index (χ4n) is 2.36. The van der Waals surface area contributed by atoms with Crippen molar-refractivity contribution in [1.29, 1.82) is 0 Å². The molecule has 0 amide bonds. The fraction of sp³-hybridized carbons (Fsp3) is 0.125. The molecule has 1 N–H and O–H groups in total. The second-order valence-electron chi connectivity index (χ2n) is 4.72. The molecule has 0 saturated carbocycles. The standard InChI is InChI=1S/C16H12F3NO/c1-20-16(12-8-11(18)2-4-13(12)19)15-7-9-6-10(17)3-5-14(9)21-15/h2-8,16,20H,1H3. The average molecular weight is 291 g/mol. The molecule has 1 unspecified atom stereocenters. The maximum absolute atomic E-state index is 13.9. The Bertz CT molecular complexity index is 797. The second kappa shape index (κ2) is 5.26. The first kappa shape index (κ1) is 13.7. The van der Waals surface area contributed by atoms with Crippen LogP contribution in [0.2, 0.25) is 0 Å². The van der Waals surface area contributed by atoms with E-state index in [9.17, 15) is 13.2 Å². The molecule has 0 fully saturated rings. The summed E-state index contributed by atoms with van der Waals surface area (Å²) in [5.41, 5.74) is 0.625. The number of hydrogen-bond acceptors (Lipinski definition) is 2.